The zero-order valence-corrected chi connectivity index (χ0v) is 9.58. The fourth-order valence-corrected chi connectivity index (χ4v) is 2.09. The highest BCUT2D eigenvalue weighted by Gasteiger charge is 2.31. The van der Waals surface area contributed by atoms with E-state index < -0.39 is 0 Å². The number of hydrogen-bond donors (Lipinski definition) is 0. The van der Waals surface area contributed by atoms with E-state index in [1.807, 2.05) is 13.8 Å². The van der Waals surface area contributed by atoms with Gasteiger partial charge in [0, 0.05) is 6.42 Å². The first-order valence-electron chi connectivity index (χ1n) is 5.66. The van der Waals surface area contributed by atoms with Crippen LogP contribution in [0, 0.1) is 22.7 Å². The molecule has 0 radical (unpaired) electrons. The lowest BCUT2D eigenvalue weighted by Crippen LogP contribution is -2.24. The maximum atomic E-state index is 11.3. The van der Waals surface area contributed by atoms with Gasteiger partial charge in [-0.3, -0.25) is 4.79 Å². The highest BCUT2D eigenvalue weighted by atomic mass is 16.5. The van der Waals surface area contributed by atoms with Crippen LogP contribution in [0.25, 0.3) is 0 Å². The number of nitriles is 1. The molecule has 84 valence electrons. The zero-order valence-electron chi connectivity index (χ0n) is 9.58. The standard InChI is InChI=1S/C12H19NO2/c1-3-15-11(14)8-10-4-6-12(2,9-13)7-5-10/h10H,3-8H2,1-2H3. The summed E-state index contributed by atoms with van der Waals surface area (Å²) in [6.07, 6.45) is 4.29. The molecule has 0 saturated heterocycles. The zero-order chi connectivity index (χ0) is 11.3. The molecule has 3 heteroatoms. The van der Waals surface area contributed by atoms with Crippen molar-refractivity contribution in [1.29, 1.82) is 5.26 Å². The first kappa shape index (κ1) is 12.0. The SMILES string of the molecule is CCOC(=O)CC1CCC(C)(C#N)CC1. The summed E-state index contributed by atoms with van der Waals surface area (Å²) in [5, 5.41) is 8.96. The Balaban J connectivity index is 2.32. The Hall–Kier alpha value is -1.04. The molecule has 0 aliphatic heterocycles. The Kier molecular flexibility index (Phi) is 4.14. The van der Waals surface area contributed by atoms with Crippen LogP contribution in [-0.4, -0.2) is 12.6 Å². The van der Waals surface area contributed by atoms with Crippen molar-refractivity contribution in [3.63, 3.8) is 0 Å². The van der Waals surface area contributed by atoms with E-state index in [1.165, 1.54) is 0 Å². The predicted molar refractivity (Wildman–Crippen MR) is 56.9 cm³/mol. The number of hydrogen-bond acceptors (Lipinski definition) is 3. The second-order valence-electron chi connectivity index (χ2n) is 4.62. The Morgan fingerprint density at radius 1 is 1.53 bits per heavy atom. The number of carbonyl (C=O) groups is 1. The summed E-state index contributed by atoms with van der Waals surface area (Å²) < 4.78 is 4.92. The van der Waals surface area contributed by atoms with Crippen molar-refractivity contribution in [3.05, 3.63) is 0 Å². The van der Waals surface area contributed by atoms with Crippen LogP contribution in [0.15, 0.2) is 0 Å². The van der Waals surface area contributed by atoms with Crippen LogP contribution >= 0.6 is 0 Å². The van der Waals surface area contributed by atoms with Gasteiger partial charge in [-0.1, -0.05) is 0 Å². The van der Waals surface area contributed by atoms with Gasteiger partial charge in [0.05, 0.1) is 18.1 Å². The summed E-state index contributed by atoms with van der Waals surface area (Å²) in [6, 6.07) is 2.36. The van der Waals surface area contributed by atoms with Crippen molar-refractivity contribution in [2.45, 2.75) is 46.0 Å². The van der Waals surface area contributed by atoms with E-state index in [2.05, 4.69) is 6.07 Å². The van der Waals surface area contributed by atoms with E-state index in [-0.39, 0.29) is 11.4 Å². The maximum Gasteiger partial charge on any atom is 0.306 e. The van der Waals surface area contributed by atoms with Gasteiger partial charge in [-0.05, 0) is 45.4 Å². The minimum Gasteiger partial charge on any atom is -0.466 e. The third-order valence-corrected chi connectivity index (χ3v) is 3.24. The number of esters is 1. The Labute approximate surface area is 91.4 Å². The van der Waals surface area contributed by atoms with Gasteiger partial charge in [-0.2, -0.15) is 5.26 Å². The van der Waals surface area contributed by atoms with Crippen molar-refractivity contribution in [1.82, 2.24) is 0 Å². The van der Waals surface area contributed by atoms with Crippen LogP contribution in [0.5, 0.6) is 0 Å². The fraction of sp³-hybridized carbons (Fsp3) is 0.833. The molecule has 0 heterocycles. The van der Waals surface area contributed by atoms with Crippen LogP contribution in [0.3, 0.4) is 0 Å². The van der Waals surface area contributed by atoms with Crippen LogP contribution in [0.4, 0.5) is 0 Å². The second kappa shape index (κ2) is 5.16. The summed E-state index contributed by atoms with van der Waals surface area (Å²) in [4.78, 5) is 11.3. The summed E-state index contributed by atoms with van der Waals surface area (Å²) in [5.74, 6) is 0.327. The third-order valence-electron chi connectivity index (χ3n) is 3.24. The van der Waals surface area contributed by atoms with Gasteiger partial charge in [-0.15, -0.1) is 0 Å². The van der Waals surface area contributed by atoms with Crippen molar-refractivity contribution in [3.8, 4) is 6.07 Å². The van der Waals surface area contributed by atoms with E-state index in [4.69, 9.17) is 10.00 Å². The lowest BCUT2D eigenvalue weighted by atomic mass is 9.72. The molecule has 0 aromatic rings. The molecule has 0 N–H and O–H groups in total. The lowest BCUT2D eigenvalue weighted by Gasteiger charge is -2.31. The third kappa shape index (κ3) is 3.54. The molecule has 1 aliphatic carbocycles. The first-order chi connectivity index (χ1) is 7.09. The Morgan fingerprint density at radius 2 is 2.13 bits per heavy atom. The van der Waals surface area contributed by atoms with E-state index in [9.17, 15) is 4.79 Å². The molecular weight excluding hydrogens is 190 g/mol. The van der Waals surface area contributed by atoms with Gasteiger partial charge >= 0.3 is 5.97 Å². The summed E-state index contributed by atoms with van der Waals surface area (Å²) >= 11 is 0. The molecule has 1 fully saturated rings. The first-order valence-corrected chi connectivity index (χ1v) is 5.66. The van der Waals surface area contributed by atoms with Crippen molar-refractivity contribution < 1.29 is 9.53 Å². The van der Waals surface area contributed by atoms with E-state index in [0.717, 1.165) is 25.7 Å². The van der Waals surface area contributed by atoms with E-state index in [0.29, 0.717) is 18.9 Å². The summed E-state index contributed by atoms with van der Waals surface area (Å²) in [7, 11) is 0. The van der Waals surface area contributed by atoms with Crippen LogP contribution in [0.1, 0.15) is 46.0 Å². The molecule has 0 amide bonds. The maximum absolute atomic E-state index is 11.3. The van der Waals surface area contributed by atoms with Crippen molar-refractivity contribution in [2.24, 2.45) is 11.3 Å². The monoisotopic (exact) mass is 209 g/mol. The average Bonchev–Trinajstić information content (AvgIpc) is 2.22. The number of nitrogens with zero attached hydrogens (tertiary/aromatic N) is 1. The average molecular weight is 209 g/mol. The minimum absolute atomic E-state index is 0.0944. The van der Waals surface area contributed by atoms with Crippen LogP contribution in [-0.2, 0) is 9.53 Å². The molecule has 0 atom stereocenters. The molecule has 15 heavy (non-hydrogen) atoms. The second-order valence-corrected chi connectivity index (χ2v) is 4.62. The Bertz CT molecular complexity index is 259. The molecule has 0 spiro atoms. The number of carbonyl (C=O) groups excluding carboxylic acids is 1. The smallest absolute Gasteiger partial charge is 0.306 e. The molecule has 1 aliphatic rings. The van der Waals surface area contributed by atoms with E-state index in [1.54, 1.807) is 0 Å². The van der Waals surface area contributed by atoms with Gasteiger partial charge in [-0.25, -0.2) is 0 Å². The van der Waals surface area contributed by atoms with E-state index >= 15 is 0 Å². The number of rotatable bonds is 3. The fourth-order valence-electron chi connectivity index (χ4n) is 2.09. The van der Waals surface area contributed by atoms with Gasteiger partial charge in [0.25, 0.3) is 0 Å². The van der Waals surface area contributed by atoms with Crippen LogP contribution in [0.2, 0.25) is 0 Å². The van der Waals surface area contributed by atoms with Gasteiger partial charge in [0.2, 0.25) is 0 Å². The topological polar surface area (TPSA) is 50.1 Å². The highest BCUT2D eigenvalue weighted by Crippen LogP contribution is 2.39. The minimum atomic E-state index is -0.162. The van der Waals surface area contributed by atoms with Gasteiger partial charge in [0.15, 0.2) is 0 Å². The molecular formula is C12H19NO2. The molecule has 3 nitrogen and oxygen atoms in total. The van der Waals surface area contributed by atoms with Gasteiger partial charge < -0.3 is 4.74 Å². The summed E-state index contributed by atoms with van der Waals surface area (Å²) in [6.45, 7) is 4.29. The molecule has 1 saturated carbocycles. The molecule has 0 aromatic carbocycles. The lowest BCUT2D eigenvalue weighted by molar-refractivity contribution is -0.144. The number of ether oxygens (including phenoxy) is 1. The quantitative estimate of drug-likeness (QED) is 0.671. The molecule has 0 bridgehead atoms. The Morgan fingerprint density at radius 3 is 2.60 bits per heavy atom. The summed E-state index contributed by atoms with van der Waals surface area (Å²) in [5.41, 5.74) is -0.162. The van der Waals surface area contributed by atoms with Crippen molar-refractivity contribution in [2.75, 3.05) is 6.61 Å². The van der Waals surface area contributed by atoms with Gasteiger partial charge in [0.1, 0.15) is 0 Å². The van der Waals surface area contributed by atoms with Crippen molar-refractivity contribution >= 4 is 5.97 Å². The van der Waals surface area contributed by atoms with Crippen LogP contribution < -0.4 is 0 Å². The largest absolute Gasteiger partial charge is 0.466 e. The molecule has 1 rings (SSSR count). The normalized spacial score (nSPS) is 30.6. The highest BCUT2D eigenvalue weighted by molar-refractivity contribution is 5.69. The predicted octanol–water partition coefficient (Wildman–Crippen LogP) is 2.66. The molecule has 0 unspecified atom stereocenters. The molecule has 0 aromatic heterocycles.